The molecular formula is C11H17N. The molecule has 12 heavy (non-hydrogen) atoms. The van der Waals surface area contributed by atoms with E-state index in [1.807, 2.05) is 30.4 Å². The highest BCUT2D eigenvalue weighted by Crippen LogP contribution is 1.92. The number of hydrogen-bond acceptors (Lipinski definition) is 1. The third kappa shape index (κ3) is 5.54. The molecule has 0 amide bonds. The number of nitrogens with one attached hydrogen (secondary N) is 1. The summed E-state index contributed by atoms with van der Waals surface area (Å²) in [4.78, 5) is 0. The summed E-state index contributed by atoms with van der Waals surface area (Å²) in [5, 5.41) is 3.18. The van der Waals surface area contributed by atoms with E-state index in [9.17, 15) is 0 Å². The predicted molar refractivity (Wildman–Crippen MR) is 55.9 cm³/mol. The number of allylic oxidation sites excluding steroid dienone is 5. The minimum absolute atomic E-state index is 0.910. The lowest BCUT2D eigenvalue weighted by Crippen LogP contribution is -2.09. The van der Waals surface area contributed by atoms with Crippen molar-refractivity contribution >= 4 is 0 Å². The minimum Gasteiger partial charge on any atom is -0.385 e. The van der Waals surface area contributed by atoms with E-state index in [0.717, 1.165) is 18.7 Å². The van der Waals surface area contributed by atoms with Crippen molar-refractivity contribution in [2.45, 2.75) is 13.3 Å². The molecular weight excluding hydrogens is 146 g/mol. The van der Waals surface area contributed by atoms with Crippen molar-refractivity contribution in [2.24, 2.45) is 0 Å². The van der Waals surface area contributed by atoms with Gasteiger partial charge in [-0.25, -0.2) is 0 Å². The fraction of sp³-hybridized carbons (Fsp3) is 0.273. The van der Waals surface area contributed by atoms with Gasteiger partial charge in [0.2, 0.25) is 0 Å². The molecule has 0 heterocycles. The highest BCUT2D eigenvalue weighted by atomic mass is 14.9. The van der Waals surface area contributed by atoms with Gasteiger partial charge in [0.15, 0.2) is 0 Å². The lowest BCUT2D eigenvalue weighted by atomic mass is 10.3. The summed E-state index contributed by atoms with van der Waals surface area (Å²) >= 11 is 0. The van der Waals surface area contributed by atoms with Gasteiger partial charge in [0.1, 0.15) is 0 Å². The minimum atomic E-state index is 0.910. The standard InChI is InChI=1S/C11H17N/c1-4-7-8-9-10-11(5-2)12-6-3/h4-5,8-10,12H,1-2,6-7H2,3H3/b9-8+,11-10+. The van der Waals surface area contributed by atoms with E-state index in [4.69, 9.17) is 0 Å². The van der Waals surface area contributed by atoms with Crippen molar-refractivity contribution in [3.8, 4) is 0 Å². The molecule has 0 atom stereocenters. The first-order valence-electron chi connectivity index (χ1n) is 4.19. The van der Waals surface area contributed by atoms with Crippen LogP contribution in [0.25, 0.3) is 0 Å². The molecule has 0 aromatic rings. The lowest BCUT2D eigenvalue weighted by Gasteiger charge is -2.00. The average molecular weight is 163 g/mol. The van der Waals surface area contributed by atoms with Gasteiger partial charge in [-0.3, -0.25) is 0 Å². The second-order valence-electron chi connectivity index (χ2n) is 2.31. The third-order valence-electron chi connectivity index (χ3n) is 1.32. The number of hydrogen-bond donors (Lipinski definition) is 1. The van der Waals surface area contributed by atoms with Gasteiger partial charge < -0.3 is 5.32 Å². The van der Waals surface area contributed by atoms with Crippen LogP contribution >= 0.6 is 0 Å². The van der Waals surface area contributed by atoms with E-state index < -0.39 is 0 Å². The van der Waals surface area contributed by atoms with Crippen molar-refractivity contribution in [1.82, 2.24) is 5.32 Å². The Morgan fingerprint density at radius 3 is 2.67 bits per heavy atom. The Morgan fingerprint density at radius 2 is 2.17 bits per heavy atom. The molecule has 66 valence electrons. The van der Waals surface area contributed by atoms with Crippen LogP contribution in [-0.4, -0.2) is 6.54 Å². The molecule has 0 saturated carbocycles. The molecule has 0 aliphatic rings. The Balaban J connectivity index is 3.91. The van der Waals surface area contributed by atoms with Gasteiger partial charge in [0.25, 0.3) is 0 Å². The van der Waals surface area contributed by atoms with E-state index in [1.165, 1.54) is 0 Å². The molecule has 0 fully saturated rings. The fourth-order valence-corrected chi connectivity index (χ4v) is 0.750. The van der Waals surface area contributed by atoms with E-state index in [2.05, 4.69) is 25.4 Å². The first-order valence-corrected chi connectivity index (χ1v) is 4.19. The summed E-state index contributed by atoms with van der Waals surface area (Å²) in [6.45, 7) is 10.3. The summed E-state index contributed by atoms with van der Waals surface area (Å²) in [6.07, 6.45) is 10.6. The zero-order valence-corrected chi connectivity index (χ0v) is 7.72. The molecule has 1 nitrogen and oxygen atoms in total. The molecule has 0 aromatic heterocycles. The highest BCUT2D eigenvalue weighted by molar-refractivity contribution is 5.20. The second kappa shape index (κ2) is 7.86. The van der Waals surface area contributed by atoms with Crippen molar-refractivity contribution in [1.29, 1.82) is 0 Å². The quantitative estimate of drug-likeness (QED) is 0.469. The molecule has 0 spiro atoms. The largest absolute Gasteiger partial charge is 0.385 e. The molecule has 0 aromatic carbocycles. The molecule has 0 aliphatic carbocycles. The zero-order chi connectivity index (χ0) is 9.23. The van der Waals surface area contributed by atoms with Crippen molar-refractivity contribution in [2.75, 3.05) is 6.54 Å². The van der Waals surface area contributed by atoms with E-state index in [-0.39, 0.29) is 0 Å². The Bertz CT molecular complexity index is 187. The van der Waals surface area contributed by atoms with Crippen LogP contribution in [0.1, 0.15) is 13.3 Å². The monoisotopic (exact) mass is 163 g/mol. The molecule has 0 aliphatic heterocycles. The topological polar surface area (TPSA) is 12.0 Å². The van der Waals surface area contributed by atoms with Gasteiger partial charge in [-0.2, -0.15) is 0 Å². The Labute approximate surface area is 75.2 Å². The molecule has 0 unspecified atom stereocenters. The summed E-state index contributed by atoms with van der Waals surface area (Å²) in [7, 11) is 0. The second-order valence-corrected chi connectivity index (χ2v) is 2.31. The lowest BCUT2D eigenvalue weighted by molar-refractivity contribution is 0.879. The van der Waals surface area contributed by atoms with Crippen molar-refractivity contribution < 1.29 is 0 Å². The Hall–Kier alpha value is -1.24. The van der Waals surface area contributed by atoms with Gasteiger partial charge in [0.05, 0.1) is 0 Å². The van der Waals surface area contributed by atoms with Crippen molar-refractivity contribution in [3.05, 3.63) is 49.2 Å². The van der Waals surface area contributed by atoms with Crippen LogP contribution in [-0.2, 0) is 0 Å². The highest BCUT2D eigenvalue weighted by Gasteiger charge is 1.82. The van der Waals surface area contributed by atoms with Gasteiger partial charge >= 0.3 is 0 Å². The smallest absolute Gasteiger partial charge is 0.0333 e. The van der Waals surface area contributed by atoms with Crippen LogP contribution < -0.4 is 5.32 Å². The van der Waals surface area contributed by atoms with E-state index >= 15 is 0 Å². The molecule has 0 radical (unpaired) electrons. The molecule has 0 saturated heterocycles. The molecule has 1 heteroatoms. The van der Waals surface area contributed by atoms with E-state index in [0.29, 0.717) is 0 Å². The summed E-state index contributed by atoms with van der Waals surface area (Å²) in [6, 6.07) is 0. The summed E-state index contributed by atoms with van der Waals surface area (Å²) < 4.78 is 0. The molecule has 0 bridgehead atoms. The van der Waals surface area contributed by atoms with Gasteiger partial charge in [-0.05, 0) is 25.5 Å². The van der Waals surface area contributed by atoms with Crippen LogP contribution in [0, 0.1) is 0 Å². The molecule has 0 rings (SSSR count). The molecule has 1 N–H and O–H groups in total. The van der Waals surface area contributed by atoms with Crippen molar-refractivity contribution in [3.63, 3.8) is 0 Å². The summed E-state index contributed by atoms with van der Waals surface area (Å²) in [5.74, 6) is 0. The third-order valence-corrected chi connectivity index (χ3v) is 1.32. The normalized spacial score (nSPS) is 11.6. The van der Waals surface area contributed by atoms with Gasteiger partial charge in [0, 0.05) is 12.2 Å². The van der Waals surface area contributed by atoms with Crippen LogP contribution in [0.3, 0.4) is 0 Å². The van der Waals surface area contributed by atoms with E-state index in [1.54, 1.807) is 0 Å². The first-order chi connectivity index (χ1) is 5.85. The average Bonchev–Trinajstić information content (AvgIpc) is 2.10. The SMILES string of the molecule is C=CC/C=C/C=C(\C=C)NCC. The summed E-state index contributed by atoms with van der Waals surface area (Å²) in [5.41, 5.74) is 1.05. The maximum absolute atomic E-state index is 3.69. The number of likely N-dealkylation sites (N-methyl/N-ethyl adjacent to an activating group) is 1. The van der Waals surface area contributed by atoms with Gasteiger partial charge in [-0.15, -0.1) is 6.58 Å². The zero-order valence-electron chi connectivity index (χ0n) is 7.72. The van der Waals surface area contributed by atoms with Crippen LogP contribution in [0.2, 0.25) is 0 Å². The van der Waals surface area contributed by atoms with Gasteiger partial charge in [-0.1, -0.05) is 24.8 Å². The Morgan fingerprint density at radius 1 is 1.42 bits per heavy atom. The first kappa shape index (κ1) is 10.8. The van der Waals surface area contributed by atoms with Crippen LogP contribution in [0.4, 0.5) is 0 Å². The van der Waals surface area contributed by atoms with Crippen LogP contribution in [0.5, 0.6) is 0 Å². The fourth-order valence-electron chi connectivity index (χ4n) is 0.750. The number of rotatable bonds is 6. The maximum Gasteiger partial charge on any atom is 0.0333 e. The maximum atomic E-state index is 3.69. The predicted octanol–water partition coefficient (Wildman–Crippen LogP) is 2.80. The Kier molecular flexibility index (Phi) is 7.05. The van der Waals surface area contributed by atoms with Crippen LogP contribution in [0.15, 0.2) is 49.2 Å².